The molecule has 0 bridgehead atoms. The number of ketones is 2. The largest absolute Gasteiger partial charge is 0.492 e. The Balaban J connectivity index is 1.73. The van der Waals surface area contributed by atoms with Gasteiger partial charge < -0.3 is 20.9 Å². The smallest absolute Gasteiger partial charge is 0.191 e. The van der Waals surface area contributed by atoms with Crippen LogP contribution in [0.2, 0.25) is 0 Å². The molecule has 4 N–H and O–H groups in total. The first-order valence-corrected chi connectivity index (χ1v) is 11.9. The van der Waals surface area contributed by atoms with Gasteiger partial charge in [-0.1, -0.05) is 37.3 Å². The molecule has 1 aliphatic rings. The Hall–Kier alpha value is -3.54. The van der Waals surface area contributed by atoms with Crippen molar-refractivity contribution in [3.05, 3.63) is 82.8 Å². The average molecular weight is 477 g/mol. The van der Waals surface area contributed by atoms with E-state index in [1.807, 2.05) is 59.7 Å². The van der Waals surface area contributed by atoms with Gasteiger partial charge in [-0.05, 0) is 58.7 Å². The van der Waals surface area contributed by atoms with Crippen molar-refractivity contribution in [3.63, 3.8) is 0 Å². The number of anilines is 1. The number of nitrogen functional groups attached to an aromatic ring is 1. The number of allylic oxidation sites excluding steroid dienone is 3. The van der Waals surface area contributed by atoms with E-state index < -0.39 is 5.60 Å². The Morgan fingerprint density at radius 1 is 0.971 bits per heavy atom. The van der Waals surface area contributed by atoms with Crippen molar-refractivity contribution >= 4 is 17.3 Å². The fourth-order valence-corrected chi connectivity index (χ4v) is 4.25. The molecule has 0 aliphatic heterocycles. The zero-order valence-electron chi connectivity index (χ0n) is 21.5. The minimum atomic E-state index is -0.795. The summed E-state index contributed by atoms with van der Waals surface area (Å²) in [6.45, 7) is 11.5. The minimum absolute atomic E-state index is 0.0744. The summed E-state index contributed by atoms with van der Waals surface area (Å²) in [4.78, 5) is 26.0. The molecule has 3 rings (SSSR count). The summed E-state index contributed by atoms with van der Waals surface area (Å²) in [5.41, 5.74) is 13.7. The number of carbonyl (C=O) groups excluding carboxylic acids is 2. The molecule has 6 heteroatoms. The van der Waals surface area contributed by atoms with Crippen molar-refractivity contribution in [2.75, 3.05) is 5.73 Å². The van der Waals surface area contributed by atoms with Crippen molar-refractivity contribution in [2.24, 2.45) is 11.7 Å². The van der Waals surface area contributed by atoms with E-state index in [0.29, 0.717) is 46.0 Å². The Bertz CT molecular complexity index is 1170. The molecule has 35 heavy (non-hydrogen) atoms. The van der Waals surface area contributed by atoms with Crippen molar-refractivity contribution in [2.45, 2.75) is 65.6 Å². The molecular formula is C29H36N2O4. The number of Topliss-reactive ketones (excluding diaryl/α,β-unsaturated/α-hetero) is 2. The predicted molar refractivity (Wildman–Crippen MR) is 139 cm³/mol. The van der Waals surface area contributed by atoms with Gasteiger partial charge in [0.25, 0.3) is 0 Å². The summed E-state index contributed by atoms with van der Waals surface area (Å²) in [5.74, 6) is 0.962. The number of nitrogens with two attached hydrogens (primary N) is 2. The normalized spacial score (nSPS) is 16.5. The molecule has 0 saturated carbocycles. The van der Waals surface area contributed by atoms with Gasteiger partial charge in [0.1, 0.15) is 17.0 Å². The van der Waals surface area contributed by atoms with Crippen LogP contribution in [0.5, 0.6) is 5.75 Å². The molecule has 1 aliphatic carbocycles. The Morgan fingerprint density at radius 3 is 2.20 bits per heavy atom. The summed E-state index contributed by atoms with van der Waals surface area (Å²) >= 11 is 0. The number of rotatable bonds is 8. The van der Waals surface area contributed by atoms with Crippen LogP contribution in [-0.4, -0.2) is 22.8 Å². The van der Waals surface area contributed by atoms with Crippen molar-refractivity contribution in [1.29, 1.82) is 0 Å². The van der Waals surface area contributed by atoms with Crippen LogP contribution < -0.4 is 16.2 Å². The van der Waals surface area contributed by atoms with Gasteiger partial charge in [0, 0.05) is 40.6 Å². The van der Waals surface area contributed by atoms with E-state index in [2.05, 4.69) is 0 Å². The first-order chi connectivity index (χ1) is 16.3. The maximum absolute atomic E-state index is 13.0. The molecule has 0 heterocycles. The number of carbonyl (C=O) groups is 2. The third kappa shape index (κ3) is 6.75. The van der Waals surface area contributed by atoms with Gasteiger partial charge >= 0.3 is 0 Å². The summed E-state index contributed by atoms with van der Waals surface area (Å²) in [7, 11) is 0. The van der Waals surface area contributed by atoms with Crippen LogP contribution in [0.25, 0.3) is 0 Å². The van der Waals surface area contributed by atoms with Crippen LogP contribution in [-0.2, 0) is 4.74 Å². The van der Waals surface area contributed by atoms with E-state index in [1.54, 1.807) is 36.4 Å². The van der Waals surface area contributed by atoms with Crippen LogP contribution in [0.4, 0.5) is 5.69 Å². The highest BCUT2D eigenvalue weighted by atomic mass is 16.5. The number of benzene rings is 2. The molecular weight excluding hydrogens is 440 g/mol. The van der Waals surface area contributed by atoms with Gasteiger partial charge in [-0.3, -0.25) is 9.59 Å². The lowest BCUT2D eigenvalue weighted by Gasteiger charge is -2.31. The summed E-state index contributed by atoms with van der Waals surface area (Å²) in [6, 6.07) is 14.2. The third-order valence-electron chi connectivity index (χ3n) is 5.65. The first kappa shape index (κ1) is 26.1. The summed E-state index contributed by atoms with van der Waals surface area (Å²) < 4.78 is 12.1. The zero-order valence-corrected chi connectivity index (χ0v) is 21.5. The molecule has 186 valence electrons. The van der Waals surface area contributed by atoms with Crippen LogP contribution >= 0.6 is 0 Å². The molecule has 0 radical (unpaired) electrons. The lowest BCUT2D eigenvalue weighted by atomic mass is 9.85. The van der Waals surface area contributed by atoms with Crippen molar-refractivity contribution < 1.29 is 19.1 Å². The van der Waals surface area contributed by atoms with Gasteiger partial charge in [0.2, 0.25) is 0 Å². The van der Waals surface area contributed by atoms with Crippen molar-refractivity contribution in [1.82, 2.24) is 0 Å². The van der Waals surface area contributed by atoms with E-state index in [4.69, 9.17) is 20.9 Å². The Labute approximate surface area is 208 Å². The Kier molecular flexibility index (Phi) is 7.44. The second kappa shape index (κ2) is 9.98. The van der Waals surface area contributed by atoms with Gasteiger partial charge in [0.15, 0.2) is 11.6 Å². The quantitative estimate of drug-likeness (QED) is 0.367. The highest BCUT2D eigenvalue weighted by Gasteiger charge is 2.31. The maximum Gasteiger partial charge on any atom is 0.191 e. The van der Waals surface area contributed by atoms with Crippen molar-refractivity contribution in [3.8, 4) is 5.75 Å². The van der Waals surface area contributed by atoms with Gasteiger partial charge in [0.05, 0.1) is 12.2 Å². The first-order valence-electron chi connectivity index (χ1n) is 11.9. The number of ether oxygens (including phenoxy) is 2. The zero-order chi connectivity index (χ0) is 26.0. The van der Waals surface area contributed by atoms with Gasteiger partial charge in [-0.15, -0.1) is 0 Å². The third-order valence-corrected chi connectivity index (χ3v) is 5.65. The monoisotopic (exact) mass is 476 g/mol. The highest BCUT2D eigenvalue weighted by Crippen LogP contribution is 2.34. The second-order valence-electron chi connectivity index (χ2n) is 10.7. The van der Waals surface area contributed by atoms with Gasteiger partial charge in [-0.2, -0.15) is 0 Å². The molecule has 0 amide bonds. The van der Waals surface area contributed by atoms with Crippen LogP contribution in [0, 0.1) is 5.92 Å². The SMILES string of the molecule is CC1CC(OC(C)(C)CC(=O)c2ccc(OC(C)(C)C)cc2N)=CC(N)=C1C(=O)c1ccccc1. The highest BCUT2D eigenvalue weighted by molar-refractivity contribution is 6.09. The van der Waals surface area contributed by atoms with Crippen LogP contribution in [0.1, 0.15) is 75.1 Å². The standard InChI is InChI=1S/C29H36N2O4/c1-18-14-21(16-24(31)26(18)27(33)19-10-8-7-9-11-19)35-29(5,6)17-25(32)22-13-12-20(15-23(22)30)34-28(2,3)4/h7-13,15-16,18H,14,17,30-31H2,1-6H3. The van der Waals surface area contributed by atoms with E-state index in [9.17, 15) is 9.59 Å². The molecule has 2 aromatic rings. The Morgan fingerprint density at radius 2 is 1.63 bits per heavy atom. The molecule has 0 spiro atoms. The molecule has 0 fully saturated rings. The second-order valence-corrected chi connectivity index (χ2v) is 10.7. The van der Waals surface area contributed by atoms with E-state index >= 15 is 0 Å². The molecule has 2 aromatic carbocycles. The topological polar surface area (TPSA) is 105 Å². The number of hydrogen-bond acceptors (Lipinski definition) is 6. The summed E-state index contributed by atoms with van der Waals surface area (Å²) in [5, 5.41) is 0. The fraction of sp³-hybridized carbons (Fsp3) is 0.379. The van der Waals surface area contributed by atoms with Gasteiger partial charge in [-0.25, -0.2) is 0 Å². The van der Waals surface area contributed by atoms with E-state index in [-0.39, 0.29) is 29.5 Å². The van der Waals surface area contributed by atoms with E-state index in [1.165, 1.54) is 0 Å². The molecule has 0 saturated heterocycles. The molecule has 1 atom stereocenters. The average Bonchev–Trinajstić information content (AvgIpc) is 2.71. The van der Waals surface area contributed by atoms with Crippen LogP contribution in [0.15, 0.2) is 71.6 Å². The lowest BCUT2D eigenvalue weighted by molar-refractivity contribution is 0.0210. The molecule has 1 unspecified atom stereocenters. The number of hydrogen-bond donors (Lipinski definition) is 2. The van der Waals surface area contributed by atoms with E-state index in [0.717, 1.165) is 0 Å². The molecule has 6 nitrogen and oxygen atoms in total. The molecule has 0 aromatic heterocycles. The van der Waals surface area contributed by atoms with Crippen LogP contribution in [0.3, 0.4) is 0 Å². The lowest BCUT2D eigenvalue weighted by Crippen LogP contribution is -2.30. The predicted octanol–water partition coefficient (Wildman–Crippen LogP) is 5.83. The fourth-order valence-electron chi connectivity index (χ4n) is 4.25. The minimum Gasteiger partial charge on any atom is -0.492 e. The summed E-state index contributed by atoms with van der Waals surface area (Å²) in [6.07, 6.45) is 2.35. The maximum atomic E-state index is 13.0.